The van der Waals surface area contributed by atoms with Crippen LogP contribution in [0.2, 0.25) is 0 Å². The first-order chi connectivity index (χ1) is 14.2. The molecule has 1 aliphatic heterocycles. The first-order valence-corrected chi connectivity index (χ1v) is 11.0. The topological polar surface area (TPSA) is 70.0 Å². The van der Waals surface area contributed by atoms with Crippen molar-refractivity contribution in [1.29, 1.82) is 0 Å². The molecule has 0 aromatic heterocycles. The molecule has 30 heavy (non-hydrogen) atoms. The second-order valence-electron chi connectivity index (χ2n) is 10.3. The average molecular weight is 421 g/mol. The van der Waals surface area contributed by atoms with Gasteiger partial charge in [0.05, 0.1) is 12.1 Å². The zero-order valence-corrected chi connectivity index (χ0v) is 17.0. The fraction of sp³-hybridized carbons (Fsp3) is 0.696. The highest BCUT2D eigenvalue weighted by atomic mass is 19.1. The van der Waals surface area contributed by atoms with E-state index in [1.807, 2.05) is 0 Å². The number of rotatable bonds is 4. The van der Waals surface area contributed by atoms with Gasteiger partial charge in [0.25, 0.3) is 0 Å². The SMILES string of the molecule is O=C(CC12CC3CC(CC(O)(C3)C1)C2)N1CC[C@@H](Oc2cc(F)cc(F)c2)[C@H](O)C1. The van der Waals surface area contributed by atoms with Crippen molar-refractivity contribution in [3.8, 4) is 5.75 Å². The van der Waals surface area contributed by atoms with Crippen LogP contribution in [0.4, 0.5) is 8.78 Å². The van der Waals surface area contributed by atoms with Gasteiger partial charge in [-0.1, -0.05) is 0 Å². The monoisotopic (exact) mass is 421 g/mol. The van der Waals surface area contributed by atoms with Crippen LogP contribution in [0.15, 0.2) is 18.2 Å². The summed E-state index contributed by atoms with van der Waals surface area (Å²) in [5, 5.41) is 21.4. The predicted octanol–water partition coefficient (Wildman–Crippen LogP) is 3.03. The van der Waals surface area contributed by atoms with Crippen LogP contribution in [0.5, 0.6) is 5.75 Å². The normalized spacial score (nSPS) is 39.9. The lowest BCUT2D eigenvalue weighted by molar-refractivity contribution is -0.173. The molecule has 6 rings (SSSR count). The summed E-state index contributed by atoms with van der Waals surface area (Å²) in [5.74, 6) is -0.345. The third-order valence-electron chi connectivity index (χ3n) is 7.67. The van der Waals surface area contributed by atoms with Crippen LogP contribution in [0.3, 0.4) is 0 Å². The number of aliphatic hydroxyl groups is 2. The summed E-state index contributed by atoms with van der Waals surface area (Å²) in [6, 6.07) is 2.95. The maximum Gasteiger partial charge on any atom is 0.223 e. The van der Waals surface area contributed by atoms with Gasteiger partial charge in [-0.3, -0.25) is 4.79 Å². The van der Waals surface area contributed by atoms with E-state index in [0.717, 1.165) is 43.9 Å². The zero-order chi connectivity index (χ0) is 21.1. The summed E-state index contributed by atoms with van der Waals surface area (Å²) >= 11 is 0. The maximum absolute atomic E-state index is 13.4. The van der Waals surface area contributed by atoms with Gasteiger partial charge in [-0.2, -0.15) is 0 Å². The Kier molecular flexibility index (Phi) is 4.82. The molecule has 4 atom stereocenters. The summed E-state index contributed by atoms with van der Waals surface area (Å²) in [7, 11) is 0. The molecule has 7 heteroatoms. The minimum Gasteiger partial charge on any atom is -0.487 e. The standard InChI is InChI=1S/C23H29F2NO4/c24-16-4-17(25)6-18(5-16)30-20-1-2-26(12-19(20)27)21(28)11-22-7-14-3-15(8-22)10-23(29,9-14)13-22/h4-6,14-15,19-20,27,29H,1-3,7-13H2/t14?,15?,19-,20-,22?,23?/m1/s1. The third-order valence-corrected chi connectivity index (χ3v) is 7.67. The molecule has 1 amide bonds. The molecule has 1 aromatic rings. The van der Waals surface area contributed by atoms with Gasteiger partial charge in [0, 0.05) is 37.6 Å². The van der Waals surface area contributed by atoms with Gasteiger partial charge in [0.15, 0.2) is 0 Å². The number of piperidine rings is 1. The first kappa shape index (κ1) is 20.2. The van der Waals surface area contributed by atoms with Gasteiger partial charge in [0.1, 0.15) is 29.6 Å². The van der Waals surface area contributed by atoms with E-state index in [4.69, 9.17) is 4.74 Å². The molecule has 0 radical (unpaired) electrons. The minimum atomic E-state index is -0.922. The van der Waals surface area contributed by atoms with Crippen LogP contribution in [0.25, 0.3) is 0 Å². The molecule has 1 heterocycles. The molecule has 1 saturated heterocycles. The van der Waals surface area contributed by atoms with E-state index in [2.05, 4.69) is 0 Å². The summed E-state index contributed by atoms with van der Waals surface area (Å²) in [6.07, 6.45) is 4.97. The van der Waals surface area contributed by atoms with Crippen molar-refractivity contribution < 1.29 is 28.5 Å². The molecule has 5 fully saturated rings. The number of aliphatic hydroxyl groups excluding tert-OH is 1. The van der Waals surface area contributed by atoms with E-state index in [-0.39, 0.29) is 23.6 Å². The van der Waals surface area contributed by atoms with Crippen LogP contribution >= 0.6 is 0 Å². The summed E-state index contributed by atoms with van der Waals surface area (Å²) in [4.78, 5) is 14.8. The van der Waals surface area contributed by atoms with Crippen molar-refractivity contribution in [3.05, 3.63) is 29.8 Å². The molecule has 4 bridgehead atoms. The number of amides is 1. The van der Waals surface area contributed by atoms with Crippen LogP contribution in [-0.4, -0.2) is 51.9 Å². The highest BCUT2D eigenvalue weighted by Gasteiger charge is 2.57. The zero-order valence-electron chi connectivity index (χ0n) is 17.0. The fourth-order valence-corrected chi connectivity index (χ4v) is 7.09. The van der Waals surface area contributed by atoms with E-state index in [1.54, 1.807) is 4.90 Å². The molecule has 2 unspecified atom stereocenters. The highest BCUT2D eigenvalue weighted by molar-refractivity contribution is 5.77. The largest absolute Gasteiger partial charge is 0.487 e. The van der Waals surface area contributed by atoms with Crippen molar-refractivity contribution in [3.63, 3.8) is 0 Å². The number of carbonyl (C=O) groups is 1. The Morgan fingerprint density at radius 3 is 2.40 bits per heavy atom. The van der Waals surface area contributed by atoms with E-state index >= 15 is 0 Å². The number of halogens is 2. The van der Waals surface area contributed by atoms with Gasteiger partial charge < -0.3 is 19.8 Å². The van der Waals surface area contributed by atoms with Crippen molar-refractivity contribution in [1.82, 2.24) is 4.90 Å². The van der Waals surface area contributed by atoms with E-state index in [1.165, 1.54) is 6.42 Å². The Hall–Kier alpha value is -1.73. The molecule has 5 nitrogen and oxygen atoms in total. The summed E-state index contributed by atoms with van der Waals surface area (Å²) in [6.45, 7) is 0.583. The number of nitrogens with zero attached hydrogens (tertiary/aromatic N) is 1. The van der Waals surface area contributed by atoms with Gasteiger partial charge in [-0.25, -0.2) is 8.78 Å². The van der Waals surface area contributed by atoms with Crippen molar-refractivity contribution in [2.45, 2.75) is 69.2 Å². The molecule has 1 aromatic carbocycles. The molecule has 5 aliphatic rings. The Morgan fingerprint density at radius 1 is 1.13 bits per heavy atom. The molecule has 0 spiro atoms. The fourth-order valence-electron chi connectivity index (χ4n) is 7.09. The number of hydrogen-bond donors (Lipinski definition) is 2. The lowest BCUT2D eigenvalue weighted by atomic mass is 9.47. The van der Waals surface area contributed by atoms with Gasteiger partial charge >= 0.3 is 0 Å². The molecular weight excluding hydrogens is 392 g/mol. The number of likely N-dealkylation sites (tertiary alicyclic amines) is 1. The van der Waals surface area contributed by atoms with E-state index in [9.17, 15) is 23.8 Å². The molecule has 164 valence electrons. The minimum absolute atomic E-state index is 0.0230. The quantitative estimate of drug-likeness (QED) is 0.784. The molecule has 4 saturated carbocycles. The highest BCUT2D eigenvalue weighted by Crippen LogP contribution is 2.62. The third kappa shape index (κ3) is 3.82. The van der Waals surface area contributed by atoms with Gasteiger partial charge in [-0.05, 0) is 55.8 Å². The van der Waals surface area contributed by atoms with Gasteiger partial charge in [0.2, 0.25) is 5.91 Å². The Labute approximate surface area is 175 Å². The lowest BCUT2D eigenvalue weighted by Gasteiger charge is -2.60. The smallest absolute Gasteiger partial charge is 0.223 e. The van der Waals surface area contributed by atoms with Crippen LogP contribution in [0.1, 0.15) is 51.4 Å². The van der Waals surface area contributed by atoms with Gasteiger partial charge in [-0.15, -0.1) is 0 Å². The van der Waals surface area contributed by atoms with Crippen molar-refractivity contribution >= 4 is 5.91 Å². The summed E-state index contributed by atoms with van der Waals surface area (Å²) in [5.41, 5.74) is -0.696. The number of carbonyl (C=O) groups excluding carboxylic acids is 1. The second-order valence-corrected chi connectivity index (χ2v) is 10.3. The summed E-state index contributed by atoms with van der Waals surface area (Å²) < 4.78 is 32.4. The number of β-amino-alcohol motifs (C(OH)–C–C–N with tert-alkyl or cyclic N) is 1. The molecule has 4 aliphatic carbocycles. The maximum atomic E-state index is 13.4. The van der Waals surface area contributed by atoms with Crippen molar-refractivity contribution in [2.24, 2.45) is 17.3 Å². The lowest BCUT2D eigenvalue weighted by Crippen LogP contribution is -2.57. The van der Waals surface area contributed by atoms with Crippen LogP contribution < -0.4 is 4.74 Å². The Balaban J connectivity index is 1.20. The Morgan fingerprint density at radius 2 is 1.80 bits per heavy atom. The average Bonchev–Trinajstić information content (AvgIpc) is 2.60. The predicted molar refractivity (Wildman–Crippen MR) is 105 cm³/mol. The van der Waals surface area contributed by atoms with Crippen LogP contribution in [0, 0.1) is 28.9 Å². The van der Waals surface area contributed by atoms with Crippen molar-refractivity contribution in [2.75, 3.05) is 13.1 Å². The molecular formula is C23H29F2NO4. The number of ether oxygens (including phenoxy) is 1. The second kappa shape index (κ2) is 7.16. The Bertz CT molecular complexity index is 812. The number of benzene rings is 1. The number of hydrogen-bond acceptors (Lipinski definition) is 4. The van der Waals surface area contributed by atoms with E-state index in [0.29, 0.717) is 37.6 Å². The first-order valence-electron chi connectivity index (χ1n) is 11.0. The molecule has 2 N–H and O–H groups in total. The van der Waals surface area contributed by atoms with Crippen LogP contribution in [-0.2, 0) is 4.79 Å². The van der Waals surface area contributed by atoms with E-state index < -0.39 is 29.4 Å².